The predicted octanol–water partition coefficient (Wildman–Crippen LogP) is 4.37. The highest BCUT2D eigenvalue weighted by Crippen LogP contribution is 2.43. The molecule has 0 bridgehead atoms. The van der Waals surface area contributed by atoms with Gasteiger partial charge in [-0.2, -0.15) is 12.7 Å². The minimum absolute atomic E-state index is 0.00690. The third kappa shape index (κ3) is 9.52. The van der Waals surface area contributed by atoms with Gasteiger partial charge in [-0.25, -0.2) is 24.3 Å². The van der Waals surface area contributed by atoms with Crippen molar-refractivity contribution in [2.24, 2.45) is 11.8 Å². The van der Waals surface area contributed by atoms with Gasteiger partial charge in [0.1, 0.15) is 5.82 Å². The molecule has 20 heteroatoms. The molecule has 63 heavy (non-hydrogen) atoms. The molecular weight excluding hydrogens is 850 g/mol. The largest absolute Gasteiger partial charge is 0.368 e. The van der Waals surface area contributed by atoms with Gasteiger partial charge in [-0.15, -0.1) is 11.3 Å². The number of carbonyl (C=O) groups is 4. The first-order valence-electron chi connectivity index (χ1n) is 21.5. The lowest BCUT2D eigenvalue weighted by molar-refractivity contribution is -0.143. The first-order valence-corrected chi connectivity index (χ1v) is 23.8. The molecule has 0 aliphatic carbocycles. The normalized spacial score (nSPS) is 19.7. The first kappa shape index (κ1) is 44.0. The van der Waals surface area contributed by atoms with Crippen LogP contribution in [0.3, 0.4) is 0 Å². The summed E-state index contributed by atoms with van der Waals surface area (Å²) in [6, 6.07) is 9.97. The Morgan fingerprint density at radius 1 is 0.905 bits per heavy atom. The van der Waals surface area contributed by atoms with Gasteiger partial charge in [-0.3, -0.25) is 29.2 Å². The van der Waals surface area contributed by atoms with E-state index in [-0.39, 0.29) is 71.0 Å². The summed E-state index contributed by atoms with van der Waals surface area (Å²) in [5, 5.41) is 3.16. The Hall–Kier alpha value is -5.60. The van der Waals surface area contributed by atoms with Crippen LogP contribution in [0.2, 0.25) is 0 Å². The van der Waals surface area contributed by atoms with Gasteiger partial charge in [-0.05, 0) is 74.8 Å². The van der Waals surface area contributed by atoms with Gasteiger partial charge in [0.15, 0.2) is 5.82 Å². The van der Waals surface area contributed by atoms with E-state index in [1.54, 1.807) is 31.3 Å². The standard InChI is InChI=1S/C43H52FN11O6S2/c1-3-52(2)63(60,61)51-32-6-4-5-31(36(32)44)37-38(33-11-18-46-43(45)48-33)62-40(50-37)26-12-21-54(22-13-26)42(59)28-16-23-55(24-17-28)41(58)27-14-19-53(20-15-27)34-9-7-29(25-47-34)30-8-10-35(56)49-39(30)57/h4-7,9,11,18,25-28,30,51H,3,8,10,12-17,19-24H2,1-2H3,(H2,45,46,48)(H,49,56,57)/t30-/m0/s1. The van der Waals surface area contributed by atoms with E-state index < -0.39 is 16.0 Å². The van der Waals surface area contributed by atoms with Crippen molar-refractivity contribution >= 4 is 62.6 Å². The van der Waals surface area contributed by atoms with Crippen LogP contribution in [0, 0.1) is 17.7 Å². The number of nitrogens with two attached hydrogens (primary N) is 1. The van der Waals surface area contributed by atoms with Gasteiger partial charge >= 0.3 is 10.2 Å². The van der Waals surface area contributed by atoms with E-state index in [2.05, 4.69) is 29.9 Å². The molecule has 4 aromatic rings. The third-order valence-corrected chi connectivity index (χ3v) is 15.6. The highest BCUT2D eigenvalue weighted by Gasteiger charge is 2.36. The maximum Gasteiger partial charge on any atom is 0.301 e. The smallest absolute Gasteiger partial charge is 0.301 e. The molecule has 4 fully saturated rings. The molecule has 4 N–H and O–H groups in total. The summed E-state index contributed by atoms with van der Waals surface area (Å²) in [4.78, 5) is 75.8. The van der Waals surface area contributed by atoms with Crippen molar-refractivity contribution < 1.29 is 32.0 Å². The Kier molecular flexibility index (Phi) is 13.0. The zero-order chi connectivity index (χ0) is 44.4. The summed E-state index contributed by atoms with van der Waals surface area (Å²) in [6.45, 7) is 5.43. The number of likely N-dealkylation sites (tertiary alicyclic amines) is 2. The average Bonchev–Trinajstić information content (AvgIpc) is 3.74. The highest BCUT2D eigenvalue weighted by atomic mass is 32.2. The number of amides is 4. The van der Waals surface area contributed by atoms with Crippen LogP contribution in [0.4, 0.5) is 21.8 Å². The highest BCUT2D eigenvalue weighted by molar-refractivity contribution is 7.90. The Labute approximate surface area is 369 Å². The molecule has 3 aromatic heterocycles. The molecule has 0 saturated carbocycles. The number of aromatic nitrogens is 4. The molecule has 1 aromatic carbocycles. The van der Waals surface area contributed by atoms with Crippen molar-refractivity contribution in [3.05, 3.63) is 65.2 Å². The molecular formula is C43H52FN11O6S2. The SMILES string of the molecule is CCN(C)S(=O)(=O)Nc1cccc(-c2nc(C3CCN(C(=O)C4CCN(C(=O)C5CCN(c6ccc([C@@H]7CCC(=O)NC7=O)cn6)CC5)CC4)CC3)sc2-c2ccnc(N)n2)c1F. The van der Waals surface area contributed by atoms with E-state index in [0.717, 1.165) is 20.7 Å². The van der Waals surface area contributed by atoms with Crippen LogP contribution in [-0.4, -0.2) is 119 Å². The fraction of sp³-hybridized carbons (Fsp3) is 0.488. The molecule has 7 heterocycles. The van der Waals surface area contributed by atoms with Gasteiger partial charge in [-0.1, -0.05) is 19.1 Å². The van der Waals surface area contributed by atoms with Crippen LogP contribution in [0.1, 0.15) is 80.7 Å². The van der Waals surface area contributed by atoms with Crippen molar-refractivity contribution in [1.82, 2.24) is 39.4 Å². The number of anilines is 3. The van der Waals surface area contributed by atoms with Gasteiger partial charge < -0.3 is 20.4 Å². The maximum absolute atomic E-state index is 16.2. The number of benzene rings is 1. The van der Waals surface area contributed by atoms with E-state index in [4.69, 9.17) is 10.7 Å². The second-order valence-electron chi connectivity index (χ2n) is 16.6. The number of nitrogens with zero attached hydrogens (tertiary/aromatic N) is 8. The van der Waals surface area contributed by atoms with E-state index in [0.29, 0.717) is 107 Å². The Morgan fingerprint density at radius 2 is 1.57 bits per heavy atom. The third-order valence-electron chi connectivity index (χ3n) is 12.8. The quantitative estimate of drug-likeness (QED) is 0.179. The summed E-state index contributed by atoms with van der Waals surface area (Å²) in [6.07, 6.45) is 7.98. The monoisotopic (exact) mass is 901 g/mol. The van der Waals surface area contributed by atoms with Crippen molar-refractivity contribution in [3.63, 3.8) is 0 Å². The summed E-state index contributed by atoms with van der Waals surface area (Å²) in [5.74, 6) is -0.830. The van der Waals surface area contributed by atoms with Crippen molar-refractivity contribution in [3.8, 4) is 21.8 Å². The lowest BCUT2D eigenvalue weighted by Crippen LogP contribution is -2.48. The van der Waals surface area contributed by atoms with E-state index in [1.165, 1.54) is 30.6 Å². The molecule has 4 aliphatic heterocycles. The molecule has 4 aliphatic rings. The number of hydrogen-bond donors (Lipinski definition) is 3. The molecule has 0 spiro atoms. The van der Waals surface area contributed by atoms with Crippen LogP contribution < -0.4 is 20.7 Å². The molecule has 334 valence electrons. The Balaban J connectivity index is 0.848. The molecule has 0 unspecified atom stereocenters. The maximum atomic E-state index is 16.2. The second-order valence-corrected chi connectivity index (χ2v) is 19.4. The van der Waals surface area contributed by atoms with Crippen molar-refractivity contribution in [2.75, 3.05) is 68.2 Å². The zero-order valence-corrected chi connectivity index (χ0v) is 37.0. The van der Waals surface area contributed by atoms with E-state index in [1.807, 2.05) is 21.9 Å². The van der Waals surface area contributed by atoms with Crippen LogP contribution in [0.25, 0.3) is 21.8 Å². The molecule has 1 atom stereocenters. The number of hydrogen-bond acceptors (Lipinski definition) is 13. The predicted molar refractivity (Wildman–Crippen MR) is 236 cm³/mol. The molecule has 8 rings (SSSR count). The summed E-state index contributed by atoms with van der Waals surface area (Å²) in [5.41, 5.74) is 7.42. The summed E-state index contributed by atoms with van der Waals surface area (Å²) < 4.78 is 45.2. The van der Waals surface area contributed by atoms with Crippen molar-refractivity contribution in [2.45, 2.75) is 70.1 Å². The fourth-order valence-corrected chi connectivity index (χ4v) is 11.1. The number of nitrogens with one attached hydrogen (secondary N) is 2. The minimum atomic E-state index is -3.99. The number of pyridine rings is 1. The molecule has 4 saturated heterocycles. The van der Waals surface area contributed by atoms with Crippen molar-refractivity contribution in [1.29, 1.82) is 0 Å². The zero-order valence-electron chi connectivity index (χ0n) is 35.3. The van der Waals surface area contributed by atoms with Crippen LogP contribution in [0.15, 0.2) is 48.8 Å². The number of thiazole rings is 1. The number of halogens is 1. The lowest BCUT2D eigenvalue weighted by Gasteiger charge is -2.39. The Morgan fingerprint density at radius 3 is 2.19 bits per heavy atom. The summed E-state index contributed by atoms with van der Waals surface area (Å²) in [7, 11) is -2.59. The molecule has 17 nitrogen and oxygen atoms in total. The van der Waals surface area contributed by atoms with E-state index in [9.17, 15) is 27.6 Å². The number of piperidine rings is 4. The van der Waals surface area contributed by atoms with Gasteiger partial charge in [0.25, 0.3) is 0 Å². The van der Waals surface area contributed by atoms with Crippen LogP contribution >= 0.6 is 11.3 Å². The number of imide groups is 1. The Bertz CT molecular complexity index is 2460. The van der Waals surface area contributed by atoms with Gasteiger partial charge in [0, 0.05) is 95.0 Å². The second kappa shape index (κ2) is 18.6. The topological polar surface area (TPSA) is 217 Å². The summed E-state index contributed by atoms with van der Waals surface area (Å²) >= 11 is 1.38. The molecule has 0 radical (unpaired) electrons. The molecule has 4 amide bonds. The minimum Gasteiger partial charge on any atom is -0.368 e. The van der Waals surface area contributed by atoms with E-state index >= 15 is 4.39 Å². The lowest BCUT2D eigenvalue weighted by atomic mass is 9.90. The van der Waals surface area contributed by atoms with Crippen LogP contribution in [0.5, 0.6) is 0 Å². The number of nitrogen functional groups attached to an aromatic ring is 1. The van der Waals surface area contributed by atoms with Gasteiger partial charge in [0.05, 0.1) is 32.9 Å². The van der Waals surface area contributed by atoms with Gasteiger partial charge in [0.2, 0.25) is 29.6 Å². The van der Waals surface area contributed by atoms with Crippen LogP contribution in [-0.2, 0) is 29.4 Å². The number of carbonyl (C=O) groups excluding carboxylic acids is 4. The first-order chi connectivity index (χ1) is 30.3. The number of rotatable bonds is 11. The average molecular weight is 902 g/mol. The fourth-order valence-electron chi connectivity index (χ4n) is 8.92.